The highest BCUT2D eigenvalue weighted by atomic mass is 16.4. The molecule has 0 aliphatic heterocycles. The number of aliphatic hydroxyl groups is 1. The summed E-state index contributed by atoms with van der Waals surface area (Å²) in [6, 6.07) is 0. The first-order valence-corrected chi connectivity index (χ1v) is 2.92. The van der Waals surface area contributed by atoms with E-state index in [4.69, 9.17) is 10.2 Å². The highest BCUT2D eigenvalue weighted by Crippen LogP contribution is 1.91. The van der Waals surface area contributed by atoms with Gasteiger partial charge in [0.1, 0.15) is 6.10 Å². The van der Waals surface area contributed by atoms with E-state index in [0.717, 1.165) is 0 Å². The normalized spacial score (nSPS) is 12.2. The van der Waals surface area contributed by atoms with Gasteiger partial charge in [0.05, 0.1) is 6.42 Å². The van der Waals surface area contributed by atoms with Crippen molar-refractivity contribution >= 4 is 17.5 Å². The van der Waals surface area contributed by atoms with Gasteiger partial charge in [0, 0.05) is 0 Å². The fraction of sp³-hybridized carbons (Fsp3) is 0.500. The van der Waals surface area contributed by atoms with Crippen molar-refractivity contribution in [3.05, 3.63) is 0 Å². The van der Waals surface area contributed by atoms with E-state index in [2.05, 4.69) is 0 Å². The predicted molar refractivity (Wildman–Crippen MR) is 33.9 cm³/mol. The van der Waals surface area contributed by atoms with Crippen molar-refractivity contribution in [2.45, 2.75) is 19.4 Å². The lowest BCUT2D eigenvalue weighted by atomic mass is 10.1. The third kappa shape index (κ3) is 3.47. The minimum atomic E-state index is -1.65. The number of Topliss-reactive ketones (excluding diaryl/α,β-unsaturated/α-hetero) is 2. The Hall–Kier alpha value is -1.23. The van der Waals surface area contributed by atoms with Crippen molar-refractivity contribution in [3.8, 4) is 0 Å². The fourth-order valence-corrected chi connectivity index (χ4v) is 0.382. The third-order valence-corrected chi connectivity index (χ3v) is 1.04. The van der Waals surface area contributed by atoms with Gasteiger partial charge in [-0.2, -0.15) is 0 Å². The van der Waals surface area contributed by atoms with Gasteiger partial charge in [-0.25, -0.2) is 4.79 Å². The van der Waals surface area contributed by atoms with E-state index in [0.29, 0.717) is 0 Å². The molecule has 0 aliphatic carbocycles. The number of rotatable bonds is 4. The molecule has 0 radical (unpaired) electrons. The van der Waals surface area contributed by atoms with Crippen LogP contribution in [-0.2, 0) is 14.4 Å². The van der Waals surface area contributed by atoms with E-state index in [-0.39, 0.29) is 0 Å². The van der Waals surface area contributed by atoms with Crippen molar-refractivity contribution in [1.29, 1.82) is 0 Å². The number of carboxylic acids is 1. The smallest absolute Gasteiger partial charge is 0.372 e. The molecular formula is C6H8O5. The van der Waals surface area contributed by atoms with Crippen LogP contribution in [0.2, 0.25) is 0 Å². The largest absolute Gasteiger partial charge is 0.475 e. The van der Waals surface area contributed by atoms with Crippen LogP contribution in [0.4, 0.5) is 0 Å². The van der Waals surface area contributed by atoms with E-state index in [1.807, 2.05) is 0 Å². The molecule has 5 heteroatoms. The zero-order valence-corrected chi connectivity index (χ0v) is 5.90. The van der Waals surface area contributed by atoms with Gasteiger partial charge < -0.3 is 10.2 Å². The Balaban J connectivity index is 3.96. The molecule has 0 bridgehead atoms. The second-order valence-electron chi connectivity index (χ2n) is 2.05. The van der Waals surface area contributed by atoms with Gasteiger partial charge in [0.15, 0.2) is 5.78 Å². The Labute approximate surface area is 62.6 Å². The van der Waals surface area contributed by atoms with Crippen LogP contribution in [0.15, 0.2) is 0 Å². The number of hydrogen-bond donors (Lipinski definition) is 2. The molecule has 0 aromatic rings. The lowest BCUT2D eigenvalue weighted by Gasteiger charge is -1.98. The lowest BCUT2D eigenvalue weighted by Crippen LogP contribution is -2.23. The minimum absolute atomic E-state index is 0.743. The average molecular weight is 160 g/mol. The van der Waals surface area contributed by atoms with Crippen molar-refractivity contribution in [2.75, 3.05) is 0 Å². The molecule has 11 heavy (non-hydrogen) atoms. The summed E-state index contributed by atoms with van der Waals surface area (Å²) in [5, 5.41) is 16.6. The zero-order chi connectivity index (χ0) is 9.02. The van der Waals surface area contributed by atoms with E-state index in [1.165, 1.54) is 6.92 Å². The van der Waals surface area contributed by atoms with E-state index in [1.54, 1.807) is 0 Å². The molecule has 2 N–H and O–H groups in total. The van der Waals surface area contributed by atoms with Crippen molar-refractivity contribution in [3.63, 3.8) is 0 Å². The van der Waals surface area contributed by atoms with E-state index >= 15 is 0 Å². The maximum Gasteiger partial charge on any atom is 0.372 e. The topological polar surface area (TPSA) is 91.7 Å². The van der Waals surface area contributed by atoms with Crippen LogP contribution in [0.25, 0.3) is 0 Å². The number of carboxylic acid groups (broad SMARTS) is 1. The number of carbonyl (C=O) groups excluding carboxylic acids is 2. The molecule has 0 heterocycles. The molecule has 0 saturated heterocycles. The molecule has 0 spiro atoms. The molecule has 0 rings (SSSR count). The first-order valence-electron chi connectivity index (χ1n) is 2.92. The van der Waals surface area contributed by atoms with Crippen LogP contribution in [-0.4, -0.2) is 33.9 Å². The number of aliphatic carboxylic acids is 1. The van der Waals surface area contributed by atoms with Crippen LogP contribution in [0.1, 0.15) is 13.3 Å². The van der Waals surface area contributed by atoms with Gasteiger partial charge in [0.25, 0.3) is 0 Å². The number of aliphatic hydroxyl groups excluding tert-OH is 1. The van der Waals surface area contributed by atoms with Crippen LogP contribution in [0, 0.1) is 0 Å². The van der Waals surface area contributed by atoms with Crippen LogP contribution < -0.4 is 0 Å². The second kappa shape index (κ2) is 3.82. The molecule has 0 aromatic heterocycles. The highest BCUT2D eigenvalue weighted by Gasteiger charge is 2.19. The van der Waals surface area contributed by atoms with Gasteiger partial charge in [-0.1, -0.05) is 0 Å². The lowest BCUT2D eigenvalue weighted by molar-refractivity contribution is -0.150. The maximum atomic E-state index is 10.5. The summed E-state index contributed by atoms with van der Waals surface area (Å²) in [4.78, 5) is 30.7. The van der Waals surface area contributed by atoms with Gasteiger partial charge >= 0.3 is 5.97 Å². The number of ketones is 2. The Morgan fingerprint density at radius 1 is 1.36 bits per heavy atom. The van der Waals surface area contributed by atoms with Crippen LogP contribution in [0.3, 0.4) is 0 Å². The Morgan fingerprint density at radius 3 is 2.09 bits per heavy atom. The summed E-state index contributed by atoms with van der Waals surface area (Å²) in [6.45, 7) is 1.18. The molecule has 0 saturated carbocycles. The second-order valence-corrected chi connectivity index (χ2v) is 2.05. The van der Waals surface area contributed by atoms with Gasteiger partial charge in [-0.15, -0.1) is 0 Å². The minimum Gasteiger partial charge on any atom is -0.475 e. The van der Waals surface area contributed by atoms with E-state index in [9.17, 15) is 14.4 Å². The van der Waals surface area contributed by atoms with Crippen LogP contribution >= 0.6 is 0 Å². The summed E-state index contributed by atoms with van der Waals surface area (Å²) in [5.41, 5.74) is 0. The molecule has 0 fully saturated rings. The number of carbonyl (C=O) groups is 3. The molecule has 62 valence electrons. The standard InChI is InChI=1S/C6H8O5/c1-3(7)4(8)2-5(9)6(10)11/h3,7H,2H2,1H3,(H,10,11). The number of hydrogen-bond acceptors (Lipinski definition) is 4. The summed E-state index contributed by atoms with van der Waals surface area (Å²) in [6.07, 6.45) is -2.02. The zero-order valence-electron chi connectivity index (χ0n) is 5.90. The van der Waals surface area contributed by atoms with Crippen molar-refractivity contribution in [2.24, 2.45) is 0 Å². The molecule has 1 atom stereocenters. The Kier molecular flexibility index (Phi) is 3.39. The first-order chi connectivity index (χ1) is 4.95. The molecule has 5 nitrogen and oxygen atoms in total. The quantitative estimate of drug-likeness (QED) is 0.405. The van der Waals surface area contributed by atoms with Gasteiger partial charge in [0.2, 0.25) is 5.78 Å². The Morgan fingerprint density at radius 2 is 1.82 bits per heavy atom. The summed E-state index contributed by atoms with van der Waals surface area (Å²) < 4.78 is 0. The van der Waals surface area contributed by atoms with Crippen molar-refractivity contribution in [1.82, 2.24) is 0 Å². The SMILES string of the molecule is CC(O)C(=O)CC(=O)C(=O)O. The van der Waals surface area contributed by atoms with Crippen molar-refractivity contribution < 1.29 is 24.6 Å². The molecule has 1 unspecified atom stereocenters. The first kappa shape index (κ1) is 9.77. The highest BCUT2D eigenvalue weighted by molar-refractivity contribution is 6.36. The molecule has 0 aliphatic rings. The fourth-order valence-electron chi connectivity index (χ4n) is 0.382. The molecule has 0 amide bonds. The van der Waals surface area contributed by atoms with E-state index < -0.39 is 30.1 Å². The maximum absolute atomic E-state index is 10.5. The van der Waals surface area contributed by atoms with Gasteiger partial charge in [-0.05, 0) is 6.92 Å². The molecular weight excluding hydrogens is 152 g/mol. The summed E-state index contributed by atoms with van der Waals surface area (Å²) in [5.74, 6) is -3.63. The van der Waals surface area contributed by atoms with Gasteiger partial charge in [-0.3, -0.25) is 9.59 Å². The van der Waals surface area contributed by atoms with Crippen LogP contribution in [0.5, 0.6) is 0 Å². The molecule has 0 aromatic carbocycles. The monoisotopic (exact) mass is 160 g/mol. The Bertz CT molecular complexity index is 193. The third-order valence-electron chi connectivity index (χ3n) is 1.04. The summed E-state index contributed by atoms with van der Waals surface area (Å²) >= 11 is 0. The average Bonchev–Trinajstić information content (AvgIpc) is 1.87. The summed E-state index contributed by atoms with van der Waals surface area (Å²) in [7, 11) is 0. The predicted octanol–water partition coefficient (Wildman–Crippen LogP) is -1.02.